The molecule has 10 heteroatoms. The van der Waals surface area contributed by atoms with Gasteiger partial charge in [0.25, 0.3) is 0 Å². The quantitative estimate of drug-likeness (QED) is 0.163. The lowest BCUT2D eigenvalue weighted by Crippen LogP contribution is -2.72. The summed E-state index contributed by atoms with van der Waals surface area (Å²) in [6.45, 7) is 8.37. The smallest absolute Gasteiger partial charge is 0.430 e. The van der Waals surface area contributed by atoms with Crippen LogP contribution in [0.5, 0.6) is 0 Å². The summed E-state index contributed by atoms with van der Waals surface area (Å²) in [4.78, 5) is 12.0. The highest BCUT2D eigenvalue weighted by molar-refractivity contribution is 5.87. The first-order valence-corrected chi connectivity index (χ1v) is 11.8. The molecule has 3 saturated carbocycles. The van der Waals surface area contributed by atoms with Gasteiger partial charge in [-0.2, -0.15) is 26.3 Å². The van der Waals surface area contributed by atoms with Crippen LogP contribution in [0, 0.1) is 29.6 Å². The van der Waals surface area contributed by atoms with Crippen LogP contribution in [0.25, 0.3) is 0 Å². The molecule has 6 unspecified atom stereocenters. The first kappa shape index (κ1) is 27.3. The first-order chi connectivity index (χ1) is 15.4. The van der Waals surface area contributed by atoms with E-state index in [1.807, 2.05) is 0 Å². The minimum Gasteiger partial charge on any atom is -0.452 e. The number of esters is 1. The van der Waals surface area contributed by atoms with E-state index in [1.54, 1.807) is 0 Å². The van der Waals surface area contributed by atoms with E-state index in [4.69, 9.17) is 14.2 Å². The van der Waals surface area contributed by atoms with Crippen LogP contribution in [-0.4, -0.2) is 41.9 Å². The molecule has 6 atom stereocenters. The Morgan fingerprint density at radius 3 is 2.00 bits per heavy atom. The van der Waals surface area contributed by atoms with Gasteiger partial charge in [0, 0.05) is 11.5 Å². The Labute approximate surface area is 196 Å². The number of ether oxygens (including phenoxy) is 3. The predicted octanol–water partition coefficient (Wildman–Crippen LogP) is 6.59. The SMILES string of the molecule is C=C(C)C(=O)OC(C)(C)C(OC(OC1CC2CC1C1CCCC21)C(C)C)(C(F)(F)F)C(F)(F)F. The molecule has 0 aromatic heterocycles. The van der Waals surface area contributed by atoms with Crippen LogP contribution in [0.1, 0.15) is 66.7 Å². The number of hydrogen-bond donors (Lipinski definition) is 0. The van der Waals surface area contributed by atoms with Gasteiger partial charge in [-0.05, 0) is 70.1 Å². The Morgan fingerprint density at radius 1 is 0.941 bits per heavy atom. The monoisotopic (exact) mass is 500 g/mol. The molecule has 0 aromatic carbocycles. The Morgan fingerprint density at radius 2 is 1.50 bits per heavy atom. The molecule has 0 saturated heterocycles. The lowest BCUT2D eigenvalue weighted by atomic mass is 9.80. The summed E-state index contributed by atoms with van der Waals surface area (Å²) < 4.78 is 102. The first-order valence-electron chi connectivity index (χ1n) is 11.8. The number of hydrogen-bond acceptors (Lipinski definition) is 4. The van der Waals surface area contributed by atoms with Crippen LogP contribution < -0.4 is 0 Å². The summed E-state index contributed by atoms with van der Waals surface area (Å²) in [5.74, 6) is -0.724. The van der Waals surface area contributed by atoms with Crippen molar-refractivity contribution in [3.63, 3.8) is 0 Å². The molecular weight excluding hydrogens is 466 g/mol. The molecular formula is C24H34F6O4. The van der Waals surface area contributed by atoms with Gasteiger partial charge in [-0.15, -0.1) is 0 Å². The van der Waals surface area contributed by atoms with E-state index in [0.717, 1.165) is 32.6 Å². The largest absolute Gasteiger partial charge is 0.452 e. The topological polar surface area (TPSA) is 44.8 Å². The number of carbonyl (C=O) groups is 1. The highest BCUT2D eigenvalue weighted by atomic mass is 19.4. The highest BCUT2D eigenvalue weighted by Gasteiger charge is 2.81. The zero-order valence-electron chi connectivity index (χ0n) is 20.2. The van der Waals surface area contributed by atoms with Crippen molar-refractivity contribution in [3.05, 3.63) is 12.2 Å². The van der Waals surface area contributed by atoms with Crippen molar-refractivity contribution < 1.29 is 45.3 Å². The molecule has 0 N–H and O–H groups in total. The molecule has 3 fully saturated rings. The van der Waals surface area contributed by atoms with E-state index in [2.05, 4.69) is 6.58 Å². The molecule has 4 nitrogen and oxygen atoms in total. The van der Waals surface area contributed by atoms with Crippen LogP contribution in [0.3, 0.4) is 0 Å². The molecule has 0 spiro atoms. The molecule has 0 aliphatic heterocycles. The predicted molar refractivity (Wildman–Crippen MR) is 111 cm³/mol. The normalized spacial score (nSPS) is 30.5. The van der Waals surface area contributed by atoms with Gasteiger partial charge in [0.05, 0.1) is 6.10 Å². The fourth-order valence-corrected chi connectivity index (χ4v) is 6.34. The van der Waals surface area contributed by atoms with Crippen molar-refractivity contribution >= 4 is 5.97 Å². The molecule has 196 valence electrons. The third-order valence-electron chi connectivity index (χ3n) is 7.86. The third kappa shape index (κ3) is 4.49. The summed E-state index contributed by atoms with van der Waals surface area (Å²) in [5, 5.41) is 0. The van der Waals surface area contributed by atoms with Crippen LogP contribution in [0.15, 0.2) is 12.2 Å². The Balaban J connectivity index is 1.95. The molecule has 3 aliphatic rings. The molecule has 3 aliphatic carbocycles. The molecule has 0 radical (unpaired) electrons. The van der Waals surface area contributed by atoms with E-state index in [0.29, 0.717) is 38.0 Å². The summed E-state index contributed by atoms with van der Waals surface area (Å²) in [7, 11) is 0. The molecule has 0 aromatic rings. The maximum atomic E-state index is 14.4. The van der Waals surface area contributed by atoms with Crippen LogP contribution >= 0.6 is 0 Å². The van der Waals surface area contributed by atoms with Crippen molar-refractivity contribution in [1.29, 1.82) is 0 Å². The maximum Gasteiger partial charge on any atom is 0.430 e. The maximum absolute atomic E-state index is 14.4. The second-order valence-electron chi connectivity index (χ2n) is 10.9. The minimum atomic E-state index is -5.97. The van der Waals surface area contributed by atoms with Gasteiger partial charge in [0.2, 0.25) is 0 Å². The lowest BCUT2D eigenvalue weighted by Gasteiger charge is -2.48. The van der Waals surface area contributed by atoms with Gasteiger partial charge < -0.3 is 14.2 Å². The lowest BCUT2D eigenvalue weighted by molar-refractivity contribution is -0.449. The van der Waals surface area contributed by atoms with Gasteiger partial charge in [-0.3, -0.25) is 0 Å². The van der Waals surface area contributed by atoms with Gasteiger partial charge in [-0.25, -0.2) is 4.79 Å². The van der Waals surface area contributed by atoms with Gasteiger partial charge >= 0.3 is 23.9 Å². The van der Waals surface area contributed by atoms with Crippen molar-refractivity contribution in [2.75, 3.05) is 0 Å². The van der Waals surface area contributed by atoms with Gasteiger partial charge in [0.15, 0.2) is 11.9 Å². The zero-order valence-corrected chi connectivity index (χ0v) is 20.2. The van der Waals surface area contributed by atoms with Crippen molar-refractivity contribution in [1.82, 2.24) is 0 Å². The second-order valence-corrected chi connectivity index (χ2v) is 10.9. The summed E-state index contributed by atoms with van der Waals surface area (Å²) in [6, 6.07) is 0. The average molecular weight is 501 g/mol. The van der Waals surface area contributed by atoms with E-state index < -0.39 is 47.8 Å². The van der Waals surface area contributed by atoms with Crippen molar-refractivity contribution in [2.45, 2.75) is 103 Å². The standard InChI is InChI=1S/C24H34F6O4/c1-12(2)19(31)33-21(5,6)22(23(25,26)27,24(28,29)30)34-20(13(3)4)32-18-11-14-10-17(18)16-9-7-8-15(14)16/h13-18,20H,1,7-11H2,2-6H3. The summed E-state index contributed by atoms with van der Waals surface area (Å²) in [6.07, 6.45) is -9.49. The third-order valence-corrected chi connectivity index (χ3v) is 7.86. The highest BCUT2D eigenvalue weighted by Crippen LogP contribution is 2.60. The molecule has 2 bridgehead atoms. The number of carbonyl (C=O) groups excluding carboxylic acids is 1. The Bertz CT molecular complexity index is 773. The van der Waals surface area contributed by atoms with Crippen molar-refractivity contribution in [3.8, 4) is 0 Å². The fraction of sp³-hybridized carbons (Fsp3) is 0.875. The average Bonchev–Trinajstić information content (AvgIpc) is 3.34. The molecule has 0 heterocycles. The van der Waals surface area contributed by atoms with E-state index >= 15 is 0 Å². The van der Waals surface area contributed by atoms with E-state index in [-0.39, 0.29) is 11.5 Å². The van der Waals surface area contributed by atoms with Crippen molar-refractivity contribution in [2.24, 2.45) is 29.6 Å². The Hall–Kier alpha value is -1.29. The van der Waals surface area contributed by atoms with Gasteiger partial charge in [0.1, 0.15) is 0 Å². The van der Waals surface area contributed by atoms with E-state index in [9.17, 15) is 31.1 Å². The molecule has 34 heavy (non-hydrogen) atoms. The van der Waals surface area contributed by atoms with Crippen LogP contribution in [0.4, 0.5) is 26.3 Å². The molecule has 3 rings (SSSR count). The summed E-state index contributed by atoms with van der Waals surface area (Å²) in [5.41, 5.74) is -8.32. The fourth-order valence-electron chi connectivity index (χ4n) is 6.34. The van der Waals surface area contributed by atoms with E-state index in [1.165, 1.54) is 13.8 Å². The van der Waals surface area contributed by atoms with Crippen LogP contribution in [-0.2, 0) is 19.0 Å². The molecule has 0 amide bonds. The second kappa shape index (κ2) is 8.98. The number of halogens is 6. The Kier molecular flexibility index (Phi) is 7.21. The summed E-state index contributed by atoms with van der Waals surface area (Å²) >= 11 is 0. The number of alkyl halides is 6. The number of fused-ring (bicyclic) bond motifs is 5. The minimum absolute atomic E-state index is 0.114. The number of rotatable bonds is 8. The van der Waals surface area contributed by atoms with Gasteiger partial charge in [-0.1, -0.05) is 26.8 Å². The zero-order chi connectivity index (χ0) is 25.9. The van der Waals surface area contributed by atoms with Crippen LogP contribution in [0.2, 0.25) is 0 Å².